The van der Waals surface area contributed by atoms with E-state index in [1.807, 2.05) is 6.92 Å². The van der Waals surface area contributed by atoms with Crippen LogP contribution < -0.4 is 0 Å². The van der Waals surface area contributed by atoms with Gasteiger partial charge in [-0.05, 0) is 31.5 Å². The molecular formula is C15H19FN2O. The van der Waals surface area contributed by atoms with Gasteiger partial charge < -0.3 is 9.88 Å². The zero-order valence-corrected chi connectivity index (χ0v) is 11.6. The van der Waals surface area contributed by atoms with Gasteiger partial charge in [0.1, 0.15) is 5.82 Å². The number of aromatic amines is 1. The Hall–Kier alpha value is -1.84. The van der Waals surface area contributed by atoms with Crippen LogP contribution in [0.3, 0.4) is 0 Å². The van der Waals surface area contributed by atoms with Crippen LogP contribution in [0.1, 0.15) is 35.8 Å². The SMILES string of the molecule is CCCCN(C)C(=O)c1c(C)[nH]c2cc(F)ccc12. The van der Waals surface area contributed by atoms with Crippen LogP contribution in [0.2, 0.25) is 0 Å². The predicted octanol–water partition coefficient (Wildman–Crippen LogP) is 3.49. The summed E-state index contributed by atoms with van der Waals surface area (Å²) in [5, 5.41) is 0.784. The summed E-state index contributed by atoms with van der Waals surface area (Å²) in [6.45, 7) is 4.68. The molecule has 0 aliphatic heterocycles. The van der Waals surface area contributed by atoms with Gasteiger partial charge in [-0.25, -0.2) is 4.39 Å². The summed E-state index contributed by atoms with van der Waals surface area (Å²) in [4.78, 5) is 17.2. The van der Waals surface area contributed by atoms with E-state index in [1.165, 1.54) is 12.1 Å². The summed E-state index contributed by atoms with van der Waals surface area (Å²) in [5.41, 5.74) is 2.10. The Balaban J connectivity index is 2.39. The summed E-state index contributed by atoms with van der Waals surface area (Å²) in [6.07, 6.45) is 2.04. The molecule has 19 heavy (non-hydrogen) atoms. The first-order valence-corrected chi connectivity index (χ1v) is 6.58. The molecule has 1 heterocycles. The Bertz CT molecular complexity index is 603. The molecule has 3 nitrogen and oxygen atoms in total. The summed E-state index contributed by atoms with van der Waals surface area (Å²) in [7, 11) is 1.81. The first-order valence-electron chi connectivity index (χ1n) is 6.58. The first-order chi connectivity index (χ1) is 9.04. The van der Waals surface area contributed by atoms with Gasteiger partial charge >= 0.3 is 0 Å². The highest BCUT2D eigenvalue weighted by Crippen LogP contribution is 2.24. The Morgan fingerprint density at radius 3 is 2.84 bits per heavy atom. The molecule has 102 valence electrons. The largest absolute Gasteiger partial charge is 0.358 e. The van der Waals surface area contributed by atoms with E-state index < -0.39 is 0 Å². The van der Waals surface area contributed by atoms with E-state index in [2.05, 4.69) is 11.9 Å². The molecule has 4 heteroatoms. The van der Waals surface area contributed by atoms with E-state index in [0.29, 0.717) is 11.1 Å². The maximum atomic E-state index is 13.2. The molecule has 0 spiro atoms. The third kappa shape index (κ3) is 2.62. The van der Waals surface area contributed by atoms with Crippen LogP contribution in [0.4, 0.5) is 4.39 Å². The fraction of sp³-hybridized carbons (Fsp3) is 0.400. The maximum Gasteiger partial charge on any atom is 0.256 e. The van der Waals surface area contributed by atoms with Crippen molar-refractivity contribution < 1.29 is 9.18 Å². The molecule has 1 N–H and O–H groups in total. The van der Waals surface area contributed by atoms with Crippen LogP contribution in [0.25, 0.3) is 10.9 Å². The minimum Gasteiger partial charge on any atom is -0.358 e. The number of aryl methyl sites for hydroxylation is 1. The fourth-order valence-electron chi connectivity index (χ4n) is 2.27. The minimum absolute atomic E-state index is 0.0104. The quantitative estimate of drug-likeness (QED) is 0.899. The lowest BCUT2D eigenvalue weighted by molar-refractivity contribution is 0.0794. The van der Waals surface area contributed by atoms with E-state index in [0.717, 1.165) is 30.5 Å². The number of amides is 1. The van der Waals surface area contributed by atoms with Gasteiger partial charge in [0.15, 0.2) is 0 Å². The van der Waals surface area contributed by atoms with E-state index in [1.54, 1.807) is 18.0 Å². The van der Waals surface area contributed by atoms with Crippen molar-refractivity contribution in [2.24, 2.45) is 0 Å². The molecule has 0 saturated carbocycles. The number of aromatic nitrogens is 1. The average molecular weight is 262 g/mol. The van der Waals surface area contributed by atoms with E-state index in [-0.39, 0.29) is 11.7 Å². The number of benzene rings is 1. The molecule has 0 fully saturated rings. The van der Waals surface area contributed by atoms with Crippen molar-refractivity contribution in [3.63, 3.8) is 0 Å². The van der Waals surface area contributed by atoms with Crippen molar-refractivity contribution in [2.45, 2.75) is 26.7 Å². The zero-order chi connectivity index (χ0) is 14.0. The lowest BCUT2D eigenvalue weighted by Crippen LogP contribution is -2.28. The average Bonchev–Trinajstić information content (AvgIpc) is 2.70. The van der Waals surface area contributed by atoms with Crippen molar-refractivity contribution in [3.8, 4) is 0 Å². The first kappa shape index (κ1) is 13.6. The molecule has 1 amide bonds. The molecule has 0 aliphatic carbocycles. The van der Waals surface area contributed by atoms with E-state index in [4.69, 9.17) is 0 Å². The van der Waals surface area contributed by atoms with Gasteiger partial charge in [0.2, 0.25) is 0 Å². The standard InChI is InChI=1S/C15H19FN2O/c1-4-5-8-18(3)15(19)14-10(2)17-13-9-11(16)6-7-12(13)14/h6-7,9,17H,4-5,8H2,1-3H3. The summed E-state index contributed by atoms with van der Waals surface area (Å²) < 4.78 is 13.2. The number of hydrogen-bond acceptors (Lipinski definition) is 1. The third-order valence-electron chi connectivity index (χ3n) is 3.36. The third-order valence-corrected chi connectivity index (χ3v) is 3.36. The number of unbranched alkanes of at least 4 members (excludes halogenated alkanes) is 1. The Labute approximate surface area is 112 Å². The molecule has 0 atom stereocenters. The number of halogens is 1. The van der Waals surface area contributed by atoms with Crippen molar-refractivity contribution in [1.29, 1.82) is 0 Å². The normalized spacial score (nSPS) is 10.9. The van der Waals surface area contributed by atoms with Crippen LogP contribution in [-0.2, 0) is 0 Å². The molecule has 0 bridgehead atoms. The highest BCUT2D eigenvalue weighted by Gasteiger charge is 2.19. The van der Waals surface area contributed by atoms with Crippen LogP contribution >= 0.6 is 0 Å². The summed E-state index contributed by atoms with van der Waals surface area (Å²) in [6, 6.07) is 4.47. The minimum atomic E-state index is -0.299. The molecule has 0 unspecified atom stereocenters. The number of carbonyl (C=O) groups is 1. The molecule has 2 aromatic rings. The molecule has 0 aliphatic rings. The van der Waals surface area contributed by atoms with Gasteiger partial charge in [-0.1, -0.05) is 13.3 Å². The number of H-pyrrole nitrogens is 1. The second-order valence-electron chi connectivity index (χ2n) is 4.90. The number of rotatable bonds is 4. The zero-order valence-electron chi connectivity index (χ0n) is 11.6. The Morgan fingerprint density at radius 2 is 2.16 bits per heavy atom. The fourth-order valence-corrected chi connectivity index (χ4v) is 2.27. The summed E-state index contributed by atoms with van der Waals surface area (Å²) >= 11 is 0. The molecule has 1 aromatic carbocycles. The lowest BCUT2D eigenvalue weighted by atomic mass is 10.1. The number of carbonyl (C=O) groups excluding carboxylic acids is 1. The van der Waals surface area contributed by atoms with E-state index >= 15 is 0 Å². The smallest absolute Gasteiger partial charge is 0.256 e. The number of nitrogens with zero attached hydrogens (tertiary/aromatic N) is 1. The molecule has 1 aromatic heterocycles. The number of fused-ring (bicyclic) bond motifs is 1. The van der Waals surface area contributed by atoms with Gasteiger partial charge in [-0.3, -0.25) is 4.79 Å². The second kappa shape index (κ2) is 5.43. The second-order valence-corrected chi connectivity index (χ2v) is 4.90. The van der Waals surface area contributed by atoms with Gasteiger partial charge in [0.25, 0.3) is 5.91 Å². The Morgan fingerprint density at radius 1 is 1.42 bits per heavy atom. The van der Waals surface area contributed by atoms with Gasteiger partial charge in [0.05, 0.1) is 5.56 Å². The van der Waals surface area contributed by atoms with Crippen LogP contribution in [0.15, 0.2) is 18.2 Å². The molecule has 2 rings (SSSR count). The van der Waals surface area contributed by atoms with Crippen molar-refractivity contribution in [1.82, 2.24) is 9.88 Å². The van der Waals surface area contributed by atoms with Crippen LogP contribution in [0, 0.1) is 12.7 Å². The molecule has 0 saturated heterocycles. The van der Waals surface area contributed by atoms with E-state index in [9.17, 15) is 9.18 Å². The topological polar surface area (TPSA) is 36.1 Å². The van der Waals surface area contributed by atoms with Gasteiger partial charge in [0, 0.05) is 30.2 Å². The lowest BCUT2D eigenvalue weighted by Gasteiger charge is -2.16. The van der Waals surface area contributed by atoms with Crippen LogP contribution in [0.5, 0.6) is 0 Å². The van der Waals surface area contributed by atoms with Crippen molar-refractivity contribution in [2.75, 3.05) is 13.6 Å². The highest BCUT2D eigenvalue weighted by molar-refractivity contribution is 6.08. The van der Waals surface area contributed by atoms with Crippen LogP contribution in [-0.4, -0.2) is 29.4 Å². The van der Waals surface area contributed by atoms with Gasteiger partial charge in [-0.15, -0.1) is 0 Å². The monoisotopic (exact) mass is 262 g/mol. The molecule has 0 radical (unpaired) electrons. The van der Waals surface area contributed by atoms with Crippen molar-refractivity contribution >= 4 is 16.8 Å². The number of hydrogen-bond donors (Lipinski definition) is 1. The predicted molar refractivity (Wildman–Crippen MR) is 74.9 cm³/mol. The van der Waals surface area contributed by atoms with Gasteiger partial charge in [-0.2, -0.15) is 0 Å². The highest BCUT2D eigenvalue weighted by atomic mass is 19.1. The number of nitrogens with one attached hydrogen (secondary N) is 1. The maximum absolute atomic E-state index is 13.2. The molecular weight excluding hydrogens is 243 g/mol. The van der Waals surface area contributed by atoms with Crippen molar-refractivity contribution in [3.05, 3.63) is 35.3 Å². The Kier molecular flexibility index (Phi) is 3.88. The summed E-state index contributed by atoms with van der Waals surface area (Å²) in [5.74, 6) is -0.309.